The molecule has 0 saturated heterocycles. The van der Waals surface area contributed by atoms with E-state index in [9.17, 15) is 8.78 Å². The number of hydrogen-bond donors (Lipinski definition) is 1. The second-order valence-electron chi connectivity index (χ2n) is 4.80. The fraction of sp³-hybridized carbons (Fsp3) is 0.294. The fourth-order valence-electron chi connectivity index (χ4n) is 2.09. The van der Waals surface area contributed by atoms with E-state index in [0.29, 0.717) is 6.61 Å². The molecule has 0 amide bonds. The molecule has 0 spiro atoms. The van der Waals surface area contributed by atoms with Gasteiger partial charge in [0.05, 0.1) is 6.61 Å². The van der Waals surface area contributed by atoms with Crippen LogP contribution in [0.4, 0.5) is 8.78 Å². The van der Waals surface area contributed by atoms with Gasteiger partial charge in [-0.2, -0.15) is 0 Å². The lowest BCUT2D eigenvalue weighted by Gasteiger charge is -2.15. The van der Waals surface area contributed by atoms with Gasteiger partial charge in [-0.3, -0.25) is 0 Å². The average Bonchev–Trinajstić information content (AvgIpc) is 2.47. The zero-order valence-corrected chi connectivity index (χ0v) is 12.2. The summed E-state index contributed by atoms with van der Waals surface area (Å²) in [5.41, 5.74) is 1.10. The molecule has 0 aliphatic heterocycles. The molecule has 4 heteroatoms. The summed E-state index contributed by atoms with van der Waals surface area (Å²) in [4.78, 5) is 0. The Morgan fingerprint density at radius 3 is 2.24 bits per heavy atom. The summed E-state index contributed by atoms with van der Waals surface area (Å²) in [5.74, 6) is -0.239. The molecule has 1 unspecified atom stereocenters. The van der Waals surface area contributed by atoms with Crippen LogP contribution < -0.4 is 10.1 Å². The lowest BCUT2D eigenvalue weighted by molar-refractivity contribution is 0.340. The van der Waals surface area contributed by atoms with Crippen LogP contribution in [-0.4, -0.2) is 6.61 Å². The Morgan fingerprint density at radius 2 is 1.67 bits per heavy atom. The molecule has 2 aromatic carbocycles. The van der Waals surface area contributed by atoms with Gasteiger partial charge in [-0.25, -0.2) is 8.78 Å². The molecular formula is C17H19F2NO. The molecule has 21 heavy (non-hydrogen) atoms. The number of hydrogen-bond acceptors (Lipinski definition) is 2. The Bertz CT molecular complexity index is 564. The zero-order valence-electron chi connectivity index (χ0n) is 12.2. The third kappa shape index (κ3) is 4.02. The standard InChI is InChI=1S/C17H19F2NO/c1-3-21-14-9-7-13(8-10-14)12(2)20-11-15-16(18)5-4-6-17(15)19/h4-10,12,20H,3,11H2,1-2H3. The van der Waals surface area contributed by atoms with E-state index in [4.69, 9.17) is 4.74 Å². The van der Waals surface area contributed by atoms with Crippen molar-refractivity contribution in [3.63, 3.8) is 0 Å². The summed E-state index contributed by atoms with van der Waals surface area (Å²) in [5, 5.41) is 3.13. The summed E-state index contributed by atoms with van der Waals surface area (Å²) in [6.45, 7) is 4.65. The van der Waals surface area contributed by atoms with Gasteiger partial charge >= 0.3 is 0 Å². The molecular weight excluding hydrogens is 272 g/mol. The number of rotatable bonds is 6. The molecule has 2 aromatic rings. The van der Waals surface area contributed by atoms with Gasteiger partial charge in [0.25, 0.3) is 0 Å². The smallest absolute Gasteiger partial charge is 0.130 e. The highest BCUT2D eigenvalue weighted by Gasteiger charge is 2.10. The van der Waals surface area contributed by atoms with Gasteiger partial charge in [-0.1, -0.05) is 18.2 Å². The lowest BCUT2D eigenvalue weighted by Crippen LogP contribution is -2.19. The Hall–Kier alpha value is -1.94. The van der Waals surface area contributed by atoms with E-state index >= 15 is 0 Å². The van der Waals surface area contributed by atoms with Crippen LogP contribution in [0, 0.1) is 11.6 Å². The summed E-state index contributed by atoms with van der Waals surface area (Å²) >= 11 is 0. The van der Waals surface area contributed by atoms with E-state index < -0.39 is 11.6 Å². The average molecular weight is 291 g/mol. The minimum Gasteiger partial charge on any atom is -0.494 e. The van der Waals surface area contributed by atoms with Crippen LogP contribution in [0.3, 0.4) is 0 Å². The number of benzene rings is 2. The first-order chi connectivity index (χ1) is 10.1. The summed E-state index contributed by atoms with van der Waals surface area (Å²) in [6.07, 6.45) is 0. The first-order valence-corrected chi connectivity index (χ1v) is 7.01. The van der Waals surface area contributed by atoms with Crippen LogP contribution in [0.15, 0.2) is 42.5 Å². The van der Waals surface area contributed by atoms with Crippen LogP contribution in [0.1, 0.15) is 31.0 Å². The van der Waals surface area contributed by atoms with Gasteiger partial charge < -0.3 is 10.1 Å². The van der Waals surface area contributed by atoms with Crippen molar-refractivity contribution in [2.75, 3.05) is 6.61 Å². The largest absolute Gasteiger partial charge is 0.494 e. The number of nitrogens with one attached hydrogen (secondary N) is 1. The van der Waals surface area contributed by atoms with Crippen LogP contribution in [0.2, 0.25) is 0 Å². The maximum atomic E-state index is 13.5. The van der Waals surface area contributed by atoms with Crippen LogP contribution in [0.5, 0.6) is 5.75 Å². The van der Waals surface area contributed by atoms with Crippen molar-refractivity contribution in [1.29, 1.82) is 0 Å². The molecule has 0 aliphatic carbocycles. The SMILES string of the molecule is CCOc1ccc(C(C)NCc2c(F)cccc2F)cc1. The molecule has 2 nitrogen and oxygen atoms in total. The van der Waals surface area contributed by atoms with Gasteiger partial charge in [0.1, 0.15) is 17.4 Å². The Labute approximate surface area is 123 Å². The van der Waals surface area contributed by atoms with Crippen molar-refractivity contribution in [2.45, 2.75) is 26.4 Å². The van der Waals surface area contributed by atoms with E-state index in [0.717, 1.165) is 11.3 Å². The molecule has 2 rings (SSSR count). The van der Waals surface area contributed by atoms with Gasteiger partial charge in [0, 0.05) is 18.2 Å². The predicted octanol–water partition coefficient (Wildman–Crippen LogP) is 4.21. The van der Waals surface area contributed by atoms with Gasteiger partial charge in [-0.05, 0) is 43.7 Å². The van der Waals surface area contributed by atoms with Gasteiger partial charge in [0.15, 0.2) is 0 Å². The molecule has 1 N–H and O–H groups in total. The first kappa shape index (κ1) is 15.4. The summed E-state index contributed by atoms with van der Waals surface area (Å²) < 4.78 is 32.5. The zero-order chi connectivity index (χ0) is 15.2. The van der Waals surface area contributed by atoms with Crippen molar-refractivity contribution in [2.24, 2.45) is 0 Å². The topological polar surface area (TPSA) is 21.3 Å². The molecule has 0 radical (unpaired) electrons. The monoisotopic (exact) mass is 291 g/mol. The molecule has 1 atom stereocenters. The lowest BCUT2D eigenvalue weighted by atomic mass is 10.1. The van der Waals surface area contributed by atoms with Gasteiger partial charge in [-0.15, -0.1) is 0 Å². The highest BCUT2D eigenvalue weighted by molar-refractivity contribution is 5.29. The normalized spacial score (nSPS) is 12.2. The Morgan fingerprint density at radius 1 is 1.05 bits per heavy atom. The second-order valence-corrected chi connectivity index (χ2v) is 4.80. The van der Waals surface area contributed by atoms with Crippen molar-refractivity contribution in [3.05, 3.63) is 65.2 Å². The maximum Gasteiger partial charge on any atom is 0.130 e. The minimum atomic E-state index is -0.526. The molecule has 0 saturated carbocycles. The maximum absolute atomic E-state index is 13.5. The molecule has 0 aliphatic rings. The number of ether oxygens (including phenoxy) is 1. The molecule has 112 valence electrons. The van der Waals surface area contributed by atoms with Gasteiger partial charge in [0.2, 0.25) is 0 Å². The molecule has 0 heterocycles. The van der Waals surface area contributed by atoms with Crippen molar-refractivity contribution in [1.82, 2.24) is 5.32 Å². The second kappa shape index (κ2) is 7.18. The quantitative estimate of drug-likeness (QED) is 0.860. The van der Waals surface area contributed by atoms with Crippen molar-refractivity contribution in [3.8, 4) is 5.75 Å². The summed E-state index contributed by atoms with van der Waals surface area (Å²) in [6, 6.07) is 11.6. The Kier molecular flexibility index (Phi) is 5.28. The minimum absolute atomic E-state index is 0.0142. The third-order valence-corrected chi connectivity index (χ3v) is 3.34. The van der Waals surface area contributed by atoms with E-state index in [2.05, 4.69) is 5.32 Å². The van der Waals surface area contributed by atoms with E-state index in [-0.39, 0.29) is 18.2 Å². The van der Waals surface area contributed by atoms with E-state index in [1.165, 1.54) is 18.2 Å². The van der Waals surface area contributed by atoms with Crippen molar-refractivity contribution >= 4 is 0 Å². The van der Waals surface area contributed by atoms with Crippen molar-refractivity contribution < 1.29 is 13.5 Å². The highest BCUT2D eigenvalue weighted by atomic mass is 19.1. The molecule has 0 aromatic heterocycles. The first-order valence-electron chi connectivity index (χ1n) is 7.01. The third-order valence-electron chi connectivity index (χ3n) is 3.34. The van der Waals surface area contributed by atoms with E-state index in [1.807, 2.05) is 38.1 Å². The highest BCUT2D eigenvalue weighted by Crippen LogP contribution is 2.19. The molecule has 0 bridgehead atoms. The van der Waals surface area contributed by atoms with E-state index in [1.54, 1.807) is 0 Å². The number of halogens is 2. The van der Waals surface area contributed by atoms with Crippen LogP contribution >= 0.6 is 0 Å². The fourth-order valence-corrected chi connectivity index (χ4v) is 2.09. The predicted molar refractivity (Wildman–Crippen MR) is 79.2 cm³/mol. The summed E-state index contributed by atoms with van der Waals surface area (Å²) in [7, 11) is 0. The Balaban J connectivity index is 1.99. The van der Waals surface area contributed by atoms with Crippen LogP contribution in [-0.2, 0) is 6.54 Å². The molecule has 0 fully saturated rings. The van der Waals surface area contributed by atoms with Crippen LogP contribution in [0.25, 0.3) is 0 Å².